The van der Waals surface area contributed by atoms with E-state index in [2.05, 4.69) is 41.0 Å². The summed E-state index contributed by atoms with van der Waals surface area (Å²) >= 11 is 0. The predicted molar refractivity (Wildman–Crippen MR) is 96.5 cm³/mol. The first-order valence-electron chi connectivity index (χ1n) is 8.39. The van der Waals surface area contributed by atoms with Gasteiger partial charge in [-0.1, -0.05) is 47.5 Å². The maximum absolute atomic E-state index is 11.8. The van der Waals surface area contributed by atoms with Gasteiger partial charge >= 0.3 is 5.97 Å². The summed E-state index contributed by atoms with van der Waals surface area (Å²) < 4.78 is 0. The molecule has 24 heavy (non-hydrogen) atoms. The second-order valence-electron chi connectivity index (χ2n) is 6.51. The number of benzene rings is 2. The number of carbonyl (C=O) groups is 1. The average molecular weight is 324 g/mol. The Labute approximate surface area is 143 Å². The molecule has 1 aliphatic rings. The minimum Gasteiger partial charge on any atom is -0.480 e. The van der Waals surface area contributed by atoms with Crippen molar-refractivity contribution in [2.24, 2.45) is 0 Å². The molecule has 4 heteroatoms. The lowest BCUT2D eigenvalue weighted by Gasteiger charge is -2.39. The third-order valence-electron chi connectivity index (χ3n) is 4.67. The molecule has 0 saturated carbocycles. The van der Waals surface area contributed by atoms with E-state index in [-0.39, 0.29) is 0 Å². The van der Waals surface area contributed by atoms with E-state index >= 15 is 0 Å². The summed E-state index contributed by atoms with van der Waals surface area (Å²) in [7, 11) is 0. The first kappa shape index (κ1) is 16.5. The second-order valence-corrected chi connectivity index (χ2v) is 6.51. The Bertz CT molecular complexity index is 704. The molecule has 2 aromatic rings. The molecule has 1 fully saturated rings. The average Bonchev–Trinajstić information content (AvgIpc) is 2.56. The maximum atomic E-state index is 11.8. The summed E-state index contributed by atoms with van der Waals surface area (Å²) in [5.41, 5.74) is 4.42. The van der Waals surface area contributed by atoms with Gasteiger partial charge in [-0.3, -0.25) is 9.69 Å². The van der Waals surface area contributed by atoms with Crippen molar-refractivity contribution in [2.45, 2.75) is 19.9 Å². The first-order chi connectivity index (χ1) is 11.5. The van der Waals surface area contributed by atoms with Crippen molar-refractivity contribution in [3.8, 4) is 0 Å². The van der Waals surface area contributed by atoms with Gasteiger partial charge in [0.05, 0.1) is 0 Å². The van der Waals surface area contributed by atoms with Gasteiger partial charge in [0.1, 0.15) is 6.04 Å². The van der Waals surface area contributed by atoms with Gasteiger partial charge in [-0.25, -0.2) is 0 Å². The van der Waals surface area contributed by atoms with Crippen LogP contribution in [0.2, 0.25) is 0 Å². The molecule has 0 amide bonds. The highest BCUT2D eigenvalue weighted by atomic mass is 16.4. The minimum absolute atomic E-state index is 0.565. The number of carboxylic acids is 1. The van der Waals surface area contributed by atoms with E-state index in [9.17, 15) is 9.90 Å². The molecule has 1 saturated heterocycles. The second kappa shape index (κ2) is 7.05. The van der Waals surface area contributed by atoms with Crippen molar-refractivity contribution in [3.05, 3.63) is 65.2 Å². The minimum atomic E-state index is -0.774. The van der Waals surface area contributed by atoms with E-state index in [0.717, 1.165) is 37.3 Å². The Morgan fingerprint density at radius 1 is 0.958 bits per heavy atom. The van der Waals surface area contributed by atoms with Crippen molar-refractivity contribution < 1.29 is 9.90 Å². The summed E-state index contributed by atoms with van der Waals surface area (Å²) in [4.78, 5) is 16.2. The molecule has 0 aromatic heterocycles. The maximum Gasteiger partial charge on any atom is 0.325 e. The van der Waals surface area contributed by atoms with Gasteiger partial charge in [-0.05, 0) is 31.5 Å². The number of hydrogen-bond donors (Lipinski definition) is 1. The van der Waals surface area contributed by atoms with Crippen molar-refractivity contribution in [3.63, 3.8) is 0 Å². The third-order valence-corrected chi connectivity index (χ3v) is 4.67. The van der Waals surface area contributed by atoms with Gasteiger partial charge in [0.15, 0.2) is 0 Å². The monoisotopic (exact) mass is 324 g/mol. The molecule has 0 bridgehead atoms. The van der Waals surface area contributed by atoms with Gasteiger partial charge in [-0.2, -0.15) is 0 Å². The lowest BCUT2D eigenvalue weighted by atomic mass is 10.0. The quantitative estimate of drug-likeness (QED) is 0.937. The molecule has 3 rings (SSSR count). The summed E-state index contributed by atoms with van der Waals surface area (Å²) in [6.45, 7) is 7.27. The van der Waals surface area contributed by atoms with Crippen LogP contribution in [0.5, 0.6) is 0 Å². The Morgan fingerprint density at radius 2 is 1.62 bits per heavy atom. The number of anilines is 1. The van der Waals surface area contributed by atoms with Crippen LogP contribution in [0.4, 0.5) is 5.69 Å². The van der Waals surface area contributed by atoms with Crippen LogP contribution in [0, 0.1) is 13.8 Å². The van der Waals surface area contributed by atoms with E-state index in [4.69, 9.17) is 0 Å². The van der Waals surface area contributed by atoms with Gasteiger partial charge < -0.3 is 10.0 Å². The van der Waals surface area contributed by atoms with E-state index < -0.39 is 12.0 Å². The highest BCUT2D eigenvalue weighted by molar-refractivity contribution is 5.75. The number of rotatable bonds is 4. The number of nitrogens with zero attached hydrogens (tertiary/aromatic N) is 2. The zero-order chi connectivity index (χ0) is 17.1. The molecule has 1 atom stereocenters. The number of hydrogen-bond acceptors (Lipinski definition) is 3. The van der Waals surface area contributed by atoms with Crippen LogP contribution >= 0.6 is 0 Å². The number of carboxylic acid groups (broad SMARTS) is 1. The SMILES string of the molecule is Cc1ccc(N2CCN(C(C(=O)O)c3cccc(C)c3)CC2)cc1. The van der Waals surface area contributed by atoms with Crippen LogP contribution in [0.1, 0.15) is 22.7 Å². The first-order valence-corrected chi connectivity index (χ1v) is 8.39. The number of aryl methyl sites for hydroxylation is 2. The summed E-state index contributed by atoms with van der Waals surface area (Å²) in [5.74, 6) is -0.774. The highest BCUT2D eigenvalue weighted by Crippen LogP contribution is 2.25. The fourth-order valence-electron chi connectivity index (χ4n) is 3.34. The molecular formula is C20H24N2O2. The van der Waals surface area contributed by atoms with Crippen molar-refractivity contribution >= 4 is 11.7 Å². The van der Waals surface area contributed by atoms with Crippen LogP contribution in [0.3, 0.4) is 0 Å². The summed E-state index contributed by atoms with van der Waals surface area (Å²) in [6, 6.07) is 15.8. The fraction of sp³-hybridized carbons (Fsp3) is 0.350. The van der Waals surface area contributed by atoms with E-state index in [0.29, 0.717) is 0 Å². The Hall–Kier alpha value is -2.33. The summed E-state index contributed by atoms with van der Waals surface area (Å²) in [5, 5.41) is 9.73. The van der Waals surface area contributed by atoms with Crippen molar-refractivity contribution in [1.82, 2.24) is 4.90 Å². The highest BCUT2D eigenvalue weighted by Gasteiger charge is 2.30. The van der Waals surface area contributed by atoms with E-state index in [1.165, 1.54) is 11.3 Å². The van der Waals surface area contributed by atoms with Crippen LogP contribution in [-0.2, 0) is 4.79 Å². The van der Waals surface area contributed by atoms with E-state index in [1.807, 2.05) is 31.2 Å². The summed E-state index contributed by atoms with van der Waals surface area (Å²) in [6.07, 6.45) is 0. The lowest BCUT2D eigenvalue weighted by molar-refractivity contribution is -0.143. The fourth-order valence-corrected chi connectivity index (χ4v) is 3.34. The van der Waals surface area contributed by atoms with Crippen LogP contribution in [0.25, 0.3) is 0 Å². The molecular weight excluding hydrogens is 300 g/mol. The molecule has 126 valence electrons. The zero-order valence-corrected chi connectivity index (χ0v) is 14.3. The largest absolute Gasteiger partial charge is 0.480 e. The van der Waals surface area contributed by atoms with Crippen molar-refractivity contribution in [1.29, 1.82) is 0 Å². The molecule has 1 unspecified atom stereocenters. The van der Waals surface area contributed by atoms with E-state index in [1.54, 1.807) is 0 Å². The van der Waals surface area contributed by atoms with Crippen LogP contribution in [-0.4, -0.2) is 42.2 Å². The molecule has 1 heterocycles. The van der Waals surface area contributed by atoms with Crippen LogP contribution in [0.15, 0.2) is 48.5 Å². The topological polar surface area (TPSA) is 43.8 Å². The molecule has 1 N–H and O–H groups in total. The van der Waals surface area contributed by atoms with Crippen LogP contribution < -0.4 is 4.90 Å². The molecule has 0 radical (unpaired) electrons. The van der Waals surface area contributed by atoms with Gasteiger partial charge in [0.25, 0.3) is 0 Å². The normalized spacial score (nSPS) is 16.8. The molecule has 0 spiro atoms. The van der Waals surface area contributed by atoms with Crippen molar-refractivity contribution in [2.75, 3.05) is 31.1 Å². The van der Waals surface area contributed by atoms with Gasteiger partial charge in [0.2, 0.25) is 0 Å². The predicted octanol–water partition coefficient (Wildman–Crippen LogP) is 3.25. The van der Waals surface area contributed by atoms with Gasteiger partial charge in [-0.15, -0.1) is 0 Å². The van der Waals surface area contributed by atoms with Gasteiger partial charge in [0, 0.05) is 31.9 Å². The lowest BCUT2D eigenvalue weighted by Crippen LogP contribution is -2.49. The molecule has 4 nitrogen and oxygen atoms in total. The Balaban J connectivity index is 1.72. The third kappa shape index (κ3) is 3.60. The number of aliphatic carboxylic acids is 1. The standard InChI is InChI=1S/C20H24N2O2/c1-15-6-8-18(9-7-15)21-10-12-22(13-11-21)19(20(23)24)17-5-3-4-16(2)14-17/h3-9,14,19H,10-13H2,1-2H3,(H,23,24). The molecule has 2 aromatic carbocycles. The Morgan fingerprint density at radius 3 is 2.21 bits per heavy atom. The molecule has 1 aliphatic heterocycles. The Kier molecular flexibility index (Phi) is 4.86. The zero-order valence-electron chi connectivity index (χ0n) is 14.3. The number of piperazine rings is 1. The smallest absolute Gasteiger partial charge is 0.325 e. The molecule has 0 aliphatic carbocycles.